The van der Waals surface area contributed by atoms with E-state index in [-0.39, 0.29) is 12.1 Å². The molecule has 2 aromatic heterocycles. The monoisotopic (exact) mass is 389 g/mol. The Hall–Kier alpha value is -2.61. The lowest BCUT2D eigenvalue weighted by molar-refractivity contribution is 0.0238. The Kier molecular flexibility index (Phi) is 7.01. The number of pyridine rings is 2. The summed E-state index contributed by atoms with van der Waals surface area (Å²) >= 11 is 0. The number of carbonyl (C=O) groups is 1. The van der Waals surface area contributed by atoms with E-state index in [9.17, 15) is 4.79 Å². The molecular formula is C20H31N5O3. The zero-order valence-corrected chi connectivity index (χ0v) is 17.6. The van der Waals surface area contributed by atoms with Gasteiger partial charge in [-0.15, -0.1) is 0 Å². The maximum Gasteiger partial charge on any atom is 0.410 e. The van der Waals surface area contributed by atoms with Crippen molar-refractivity contribution in [2.75, 3.05) is 39.2 Å². The zero-order valence-electron chi connectivity index (χ0n) is 17.6. The first-order valence-corrected chi connectivity index (χ1v) is 9.37. The van der Waals surface area contributed by atoms with Crippen molar-refractivity contribution in [3.63, 3.8) is 0 Å². The minimum atomic E-state index is -0.495. The Labute approximate surface area is 166 Å². The average molecular weight is 390 g/mol. The van der Waals surface area contributed by atoms with Gasteiger partial charge in [0.15, 0.2) is 0 Å². The van der Waals surface area contributed by atoms with Crippen LogP contribution in [0.25, 0.3) is 11.0 Å². The molecule has 0 bridgehead atoms. The third kappa shape index (κ3) is 5.01. The van der Waals surface area contributed by atoms with Gasteiger partial charge in [0.1, 0.15) is 11.1 Å². The normalized spacial score (nSPS) is 16.4. The molecule has 0 radical (unpaired) electrons. The van der Waals surface area contributed by atoms with Gasteiger partial charge in [0.2, 0.25) is 5.88 Å². The highest BCUT2D eigenvalue weighted by Crippen LogP contribution is 2.29. The lowest BCUT2D eigenvalue weighted by Crippen LogP contribution is -2.42. The van der Waals surface area contributed by atoms with E-state index in [1.807, 2.05) is 39.0 Å². The Morgan fingerprint density at radius 1 is 1.29 bits per heavy atom. The van der Waals surface area contributed by atoms with Crippen molar-refractivity contribution in [1.82, 2.24) is 14.9 Å². The number of aromatic nitrogens is 2. The Morgan fingerprint density at radius 3 is 2.64 bits per heavy atom. The molecule has 8 nitrogen and oxygen atoms in total. The van der Waals surface area contributed by atoms with Crippen LogP contribution < -0.4 is 15.4 Å². The molecule has 1 atom stereocenters. The number of hydrogen-bond acceptors (Lipinski definition) is 7. The van der Waals surface area contributed by atoms with Crippen LogP contribution in [-0.2, 0) is 4.74 Å². The highest BCUT2D eigenvalue weighted by molar-refractivity contribution is 5.88. The van der Waals surface area contributed by atoms with Crippen LogP contribution in [0.1, 0.15) is 27.2 Å². The highest BCUT2D eigenvalue weighted by Gasteiger charge is 2.31. The minimum absolute atomic E-state index is 0.0960. The summed E-state index contributed by atoms with van der Waals surface area (Å²) in [5.74, 6) is 0.563. The molecular weight excluding hydrogens is 358 g/mol. The summed E-state index contributed by atoms with van der Waals surface area (Å²) in [7, 11) is 4.90. The van der Waals surface area contributed by atoms with E-state index in [1.54, 1.807) is 25.3 Å². The van der Waals surface area contributed by atoms with Crippen LogP contribution in [0.4, 0.5) is 10.5 Å². The van der Waals surface area contributed by atoms with Crippen molar-refractivity contribution in [2.45, 2.75) is 38.8 Å². The molecule has 2 aromatic rings. The fraction of sp³-hybridized carbons (Fsp3) is 0.550. The molecule has 0 aromatic carbocycles. The number of fused-ring (bicyclic) bond motifs is 1. The summed E-state index contributed by atoms with van der Waals surface area (Å²) in [6, 6.07) is 5.77. The maximum absolute atomic E-state index is 12.3. The topological polar surface area (TPSA) is 93.8 Å². The van der Waals surface area contributed by atoms with Gasteiger partial charge >= 0.3 is 6.09 Å². The minimum Gasteiger partial charge on any atom is -0.481 e. The number of nitrogens with two attached hydrogens (primary N) is 1. The van der Waals surface area contributed by atoms with Crippen molar-refractivity contribution in [2.24, 2.45) is 5.73 Å². The molecule has 3 heterocycles. The number of nitrogens with zero attached hydrogens (tertiary/aromatic N) is 4. The Balaban J connectivity index is 0.00000136. The van der Waals surface area contributed by atoms with Gasteiger partial charge in [0, 0.05) is 32.4 Å². The molecule has 1 unspecified atom stereocenters. The molecule has 1 amide bonds. The van der Waals surface area contributed by atoms with Crippen molar-refractivity contribution >= 4 is 22.8 Å². The fourth-order valence-corrected chi connectivity index (χ4v) is 3.12. The van der Waals surface area contributed by atoms with Gasteiger partial charge in [0.05, 0.1) is 24.4 Å². The third-order valence-electron chi connectivity index (χ3n) is 4.48. The molecule has 1 saturated heterocycles. The summed E-state index contributed by atoms with van der Waals surface area (Å²) in [5, 5.41) is 0. The largest absolute Gasteiger partial charge is 0.481 e. The molecule has 1 fully saturated rings. The van der Waals surface area contributed by atoms with Gasteiger partial charge in [-0.2, -0.15) is 0 Å². The highest BCUT2D eigenvalue weighted by atomic mass is 16.6. The second-order valence-electron chi connectivity index (χ2n) is 7.53. The number of methoxy groups -OCH3 is 1. The lowest BCUT2D eigenvalue weighted by Gasteiger charge is -2.29. The summed E-state index contributed by atoms with van der Waals surface area (Å²) in [6.45, 7) is 7.20. The molecule has 8 heteroatoms. The summed E-state index contributed by atoms with van der Waals surface area (Å²) < 4.78 is 10.7. The first-order valence-electron chi connectivity index (χ1n) is 9.37. The van der Waals surface area contributed by atoms with E-state index in [0.717, 1.165) is 36.2 Å². The van der Waals surface area contributed by atoms with Gasteiger partial charge in [-0.3, -0.25) is 4.98 Å². The maximum atomic E-state index is 12.3. The van der Waals surface area contributed by atoms with Crippen LogP contribution >= 0.6 is 0 Å². The van der Waals surface area contributed by atoms with E-state index in [4.69, 9.17) is 9.47 Å². The molecule has 1 aliphatic heterocycles. The predicted molar refractivity (Wildman–Crippen MR) is 111 cm³/mol. The summed E-state index contributed by atoms with van der Waals surface area (Å²) in [4.78, 5) is 25.2. The van der Waals surface area contributed by atoms with Gasteiger partial charge in [-0.1, -0.05) is 0 Å². The Morgan fingerprint density at radius 2 is 2.00 bits per heavy atom. The first-order chi connectivity index (χ1) is 13.3. The number of likely N-dealkylation sites (N-methyl/N-ethyl adjacent to an activating group) is 1. The van der Waals surface area contributed by atoms with Crippen molar-refractivity contribution < 1.29 is 14.3 Å². The fourth-order valence-electron chi connectivity index (χ4n) is 3.12. The van der Waals surface area contributed by atoms with Crippen molar-refractivity contribution in [3.05, 3.63) is 24.4 Å². The molecule has 0 saturated carbocycles. The standard InChI is InChI=1S/C19H26N4O3.CH5N/c1-19(2,3)26-18(24)22(4)13-9-11-23(12-13)15-8-10-20-14-6-7-16(25-5)21-17(14)15;1-2/h6-8,10,13H,9,11-12H2,1-5H3;2H2,1H3. The number of amides is 1. The van der Waals surface area contributed by atoms with Crippen LogP contribution in [0.3, 0.4) is 0 Å². The second-order valence-corrected chi connectivity index (χ2v) is 7.53. The number of carbonyl (C=O) groups excluding carboxylic acids is 1. The molecule has 3 rings (SSSR count). The zero-order chi connectivity index (χ0) is 20.9. The van der Waals surface area contributed by atoms with Crippen LogP contribution in [0.15, 0.2) is 24.4 Å². The van der Waals surface area contributed by atoms with Gasteiger partial charge in [-0.05, 0) is 46.4 Å². The first kappa shape index (κ1) is 21.7. The van der Waals surface area contributed by atoms with Crippen LogP contribution in [0.2, 0.25) is 0 Å². The molecule has 28 heavy (non-hydrogen) atoms. The van der Waals surface area contributed by atoms with Crippen LogP contribution in [0.5, 0.6) is 5.88 Å². The molecule has 1 aliphatic rings. The lowest BCUT2D eigenvalue weighted by atomic mass is 10.2. The number of ether oxygens (including phenoxy) is 2. The Bertz CT molecular complexity index is 806. The molecule has 0 spiro atoms. The average Bonchev–Trinajstić information content (AvgIpc) is 3.16. The van der Waals surface area contributed by atoms with E-state index >= 15 is 0 Å². The van der Waals surface area contributed by atoms with Gasteiger partial charge in [0.25, 0.3) is 0 Å². The van der Waals surface area contributed by atoms with Gasteiger partial charge in [-0.25, -0.2) is 9.78 Å². The number of anilines is 1. The summed E-state index contributed by atoms with van der Waals surface area (Å²) in [5.41, 5.74) is 6.65. The summed E-state index contributed by atoms with van der Waals surface area (Å²) in [6.07, 6.45) is 2.38. The number of hydrogen-bond donors (Lipinski definition) is 1. The molecule has 0 aliphatic carbocycles. The van der Waals surface area contributed by atoms with E-state index in [0.29, 0.717) is 5.88 Å². The van der Waals surface area contributed by atoms with E-state index in [1.165, 1.54) is 7.05 Å². The third-order valence-corrected chi connectivity index (χ3v) is 4.48. The van der Waals surface area contributed by atoms with E-state index < -0.39 is 5.60 Å². The molecule has 154 valence electrons. The SMILES string of the molecule is CN.COc1ccc2nccc(N3CCC(N(C)C(=O)OC(C)(C)C)C3)c2n1. The van der Waals surface area contributed by atoms with Crippen molar-refractivity contribution in [3.8, 4) is 5.88 Å². The van der Waals surface area contributed by atoms with Crippen LogP contribution in [0, 0.1) is 0 Å². The van der Waals surface area contributed by atoms with Crippen molar-refractivity contribution in [1.29, 1.82) is 0 Å². The smallest absolute Gasteiger partial charge is 0.410 e. The van der Waals surface area contributed by atoms with Gasteiger partial charge < -0.3 is 25.0 Å². The second kappa shape index (κ2) is 9.05. The number of rotatable bonds is 3. The van der Waals surface area contributed by atoms with Crippen LogP contribution in [-0.4, -0.2) is 66.9 Å². The molecule has 2 N–H and O–H groups in total. The predicted octanol–water partition coefficient (Wildman–Crippen LogP) is 2.66. The quantitative estimate of drug-likeness (QED) is 0.862. The van der Waals surface area contributed by atoms with E-state index in [2.05, 4.69) is 20.6 Å².